The van der Waals surface area contributed by atoms with Crippen molar-refractivity contribution < 1.29 is 37.1 Å². The maximum absolute atomic E-state index is 13.4. The van der Waals surface area contributed by atoms with Gasteiger partial charge in [0.2, 0.25) is 5.91 Å². The fourth-order valence-corrected chi connectivity index (χ4v) is 5.56. The van der Waals surface area contributed by atoms with Crippen LogP contribution >= 0.6 is 11.6 Å². The van der Waals surface area contributed by atoms with E-state index in [1.54, 1.807) is 59.7 Å². The molecule has 1 aliphatic heterocycles. The number of carbonyl (C=O) groups excluding carboxylic acids is 4. The Morgan fingerprint density at radius 2 is 1.67 bits per heavy atom. The zero-order valence-corrected chi connectivity index (χ0v) is 25.0. The highest BCUT2D eigenvalue weighted by atomic mass is 35.5. The SMILES string of the molecule is CC(=O)OC(C(=O)N1CCS(=O)(=O)CC1C(=O)NCc1cc(Cl)ccc1CNC(=O)OC(C)(C)C)C(C)(C)C. The highest BCUT2D eigenvalue weighted by Crippen LogP contribution is 2.27. The van der Waals surface area contributed by atoms with Gasteiger partial charge in [-0.25, -0.2) is 13.2 Å². The minimum atomic E-state index is -3.60. The van der Waals surface area contributed by atoms with Crippen molar-refractivity contribution in [1.82, 2.24) is 15.5 Å². The molecule has 2 rings (SSSR count). The quantitative estimate of drug-likeness (QED) is 0.462. The number of rotatable bonds is 7. The van der Waals surface area contributed by atoms with Gasteiger partial charge in [-0.1, -0.05) is 38.4 Å². The molecule has 1 aromatic rings. The summed E-state index contributed by atoms with van der Waals surface area (Å²) in [4.78, 5) is 51.6. The summed E-state index contributed by atoms with van der Waals surface area (Å²) in [5, 5.41) is 5.74. The van der Waals surface area contributed by atoms with Crippen molar-refractivity contribution in [3.63, 3.8) is 0 Å². The van der Waals surface area contributed by atoms with Crippen LogP contribution in [0.2, 0.25) is 5.02 Å². The predicted molar refractivity (Wildman–Crippen MR) is 146 cm³/mol. The summed E-state index contributed by atoms with van der Waals surface area (Å²) in [7, 11) is -3.60. The zero-order chi connectivity index (χ0) is 29.8. The monoisotopic (exact) mass is 587 g/mol. The Labute approximate surface area is 234 Å². The van der Waals surface area contributed by atoms with Crippen molar-refractivity contribution in [2.45, 2.75) is 79.3 Å². The molecule has 3 amide bonds. The number of ether oxygens (including phenoxy) is 2. The van der Waals surface area contributed by atoms with E-state index < -0.39 is 62.6 Å². The van der Waals surface area contributed by atoms with Crippen LogP contribution in [0.15, 0.2) is 18.2 Å². The number of hydrogen-bond acceptors (Lipinski definition) is 8. The summed E-state index contributed by atoms with van der Waals surface area (Å²) in [5.41, 5.74) is -0.239. The van der Waals surface area contributed by atoms with Gasteiger partial charge < -0.3 is 25.0 Å². The van der Waals surface area contributed by atoms with Gasteiger partial charge >= 0.3 is 12.1 Å². The summed E-state index contributed by atoms with van der Waals surface area (Å²) < 4.78 is 35.4. The molecule has 0 aromatic heterocycles. The average Bonchev–Trinajstić information content (AvgIpc) is 2.77. The first-order chi connectivity index (χ1) is 17.8. The lowest BCUT2D eigenvalue weighted by atomic mass is 9.87. The molecule has 2 N–H and O–H groups in total. The van der Waals surface area contributed by atoms with E-state index in [1.807, 2.05) is 0 Å². The van der Waals surface area contributed by atoms with Gasteiger partial charge in [-0.15, -0.1) is 0 Å². The second-order valence-corrected chi connectivity index (χ2v) is 14.2. The Kier molecular flexibility index (Phi) is 10.4. The lowest BCUT2D eigenvalue weighted by Crippen LogP contribution is -2.61. The van der Waals surface area contributed by atoms with Gasteiger partial charge in [-0.2, -0.15) is 0 Å². The molecule has 0 bridgehead atoms. The Morgan fingerprint density at radius 3 is 2.23 bits per heavy atom. The van der Waals surface area contributed by atoms with Crippen LogP contribution in [0.4, 0.5) is 4.79 Å². The second kappa shape index (κ2) is 12.5. The van der Waals surface area contributed by atoms with Gasteiger partial charge in [-0.05, 0) is 44.0 Å². The maximum atomic E-state index is 13.4. The largest absolute Gasteiger partial charge is 0.452 e. The number of carbonyl (C=O) groups is 4. The van der Waals surface area contributed by atoms with Gasteiger partial charge in [0, 0.05) is 37.0 Å². The number of nitrogens with one attached hydrogen (secondary N) is 2. The molecule has 2 unspecified atom stereocenters. The molecule has 0 spiro atoms. The van der Waals surface area contributed by atoms with E-state index in [9.17, 15) is 27.6 Å². The number of amides is 3. The standard InChI is InChI=1S/C26H38ClN3O8S/c1-16(31)37-21(25(2,3)4)23(33)30-10-11-39(35,36)15-20(30)22(32)28-14-18-12-19(27)9-8-17(18)13-29-24(34)38-26(5,6)7/h8-9,12,20-21H,10-11,13-15H2,1-7H3,(H,28,32)(H,29,34). The first-order valence-electron chi connectivity index (χ1n) is 12.5. The minimum Gasteiger partial charge on any atom is -0.452 e. The van der Waals surface area contributed by atoms with Crippen LogP contribution in [0.3, 0.4) is 0 Å². The molecule has 11 nitrogen and oxygen atoms in total. The lowest BCUT2D eigenvalue weighted by Gasteiger charge is -2.39. The van der Waals surface area contributed by atoms with E-state index in [2.05, 4.69) is 10.6 Å². The van der Waals surface area contributed by atoms with E-state index >= 15 is 0 Å². The van der Waals surface area contributed by atoms with Crippen LogP contribution in [0.25, 0.3) is 0 Å². The molecule has 1 aliphatic rings. The van der Waals surface area contributed by atoms with Crippen molar-refractivity contribution >= 4 is 45.3 Å². The fourth-order valence-electron chi connectivity index (χ4n) is 3.92. The highest BCUT2D eigenvalue weighted by Gasteiger charge is 2.44. The number of sulfone groups is 1. The molecule has 1 heterocycles. The molecule has 0 radical (unpaired) electrons. The van der Waals surface area contributed by atoms with Gasteiger partial charge in [0.1, 0.15) is 11.6 Å². The average molecular weight is 588 g/mol. The molecule has 1 saturated heterocycles. The van der Waals surface area contributed by atoms with Gasteiger partial charge in [0.25, 0.3) is 5.91 Å². The number of hydrogen-bond donors (Lipinski definition) is 2. The van der Waals surface area contributed by atoms with Crippen LogP contribution in [-0.2, 0) is 46.8 Å². The van der Waals surface area contributed by atoms with E-state index in [1.165, 1.54) is 6.92 Å². The highest BCUT2D eigenvalue weighted by molar-refractivity contribution is 7.91. The topological polar surface area (TPSA) is 148 Å². The predicted octanol–water partition coefficient (Wildman–Crippen LogP) is 2.58. The van der Waals surface area contributed by atoms with Gasteiger partial charge in [0.05, 0.1) is 11.5 Å². The maximum Gasteiger partial charge on any atom is 0.407 e. The van der Waals surface area contributed by atoms with Crippen molar-refractivity contribution in [3.8, 4) is 0 Å². The van der Waals surface area contributed by atoms with Crippen LogP contribution in [0, 0.1) is 5.41 Å². The molecular formula is C26H38ClN3O8S. The summed E-state index contributed by atoms with van der Waals surface area (Å²) in [6.07, 6.45) is -1.82. The smallest absolute Gasteiger partial charge is 0.407 e. The zero-order valence-electron chi connectivity index (χ0n) is 23.4. The number of halogens is 1. The third kappa shape index (κ3) is 9.99. The Bertz CT molecular complexity index is 1200. The molecule has 2 atom stereocenters. The minimum absolute atomic E-state index is 0.0457. The number of benzene rings is 1. The normalized spacial score (nSPS) is 18.1. The second-order valence-electron chi connectivity index (χ2n) is 11.5. The van der Waals surface area contributed by atoms with Crippen molar-refractivity contribution in [3.05, 3.63) is 34.3 Å². The number of esters is 1. The van der Waals surface area contributed by atoms with E-state index in [-0.39, 0.29) is 25.4 Å². The number of alkyl carbamates (subject to hydrolysis) is 1. The summed E-state index contributed by atoms with van der Waals surface area (Å²) in [5.74, 6) is -2.87. The van der Waals surface area contributed by atoms with Crippen molar-refractivity contribution in [1.29, 1.82) is 0 Å². The van der Waals surface area contributed by atoms with Crippen LogP contribution in [-0.4, -0.2) is 73.0 Å². The molecular weight excluding hydrogens is 550 g/mol. The van der Waals surface area contributed by atoms with Gasteiger partial charge in [0.15, 0.2) is 15.9 Å². The Hall–Kier alpha value is -2.86. The van der Waals surface area contributed by atoms with E-state index in [0.29, 0.717) is 16.1 Å². The Morgan fingerprint density at radius 1 is 1.05 bits per heavy atom. The first-order valence-corrected chi connectivity index (χ1v) is 14.7. The van der Waals surface area contributed by atoms with Crippen LogP contribution in [0.1, 0.15) is 59.6 Å². The van der Waals surface area contributed by atoms with E-state index in [4.69, 9.17) is 21.1 Å². The summed E-state index contributed by atoms with van der Waals surface area (Å²) >= 11 is 6.15. The van der Waals surface area contributed by atoms with Crippen LogP contribution < -0.4 is 10.6 Å². The fraction of sp³-hybridized carbons (Fsp3) is 0.615. The van der Waals surface area contributed by atoms with Crippen molar-refractivity contribution in [2.24, 2.45) is 5.41 Å². The number of nitrogens with zero attached hydrogens (tertiary/aromatic N) is 1. The third-order valence-electron chi connectivity index (χ3n) is 5.76. The van der Waals surface area contributed by atoms with E-state index in [0.717, 1.165) is 4.90 Å². The third-order valence-corrected chi connectivity index (χ3v) is 7.62. The molecule has 0 saturated carbocycles. The lowest BCUT2D eigenvalue weighted by molar-refractivity contribution is -0.167. The molecule has 13 heteroatoms. The summed E-state index contributed by atoms with van der Waals surface area (Å²) in [6.45, 7) is 11.4. The molecule has 0 aliphatic carbocycles. The van der Waals surface area contributed by atoms with Crippen molar-refractivity contribution in [2.75, 3.05) is 18.1 Å². The Balaban J connectivity index is 2.23. The molecule has 1 fully saturated rings. The molecule has 1 aromatic carbocycles. The first kappa shape index (κ1) is 32.4. The van der Waals surface area contributed by atoms with Gasteiger partial charge in [-0.3, -0.25) is 14.4 Å². The van der Waals surface area contributed by atoms with Crippen LogP contribution in [0.5, 0.6) is 0 Å². The molecule has 218 valence electrons. The summed E-state index contributed by atoms with van der Waals surface area (Å²) in [6, 6.07) is 3.62. The molecule has 39 heavy (non-hydrogen) atoms.